The third-order valence-electron chi connectivity index (χ3n) is 17.3. The molecule has 0 saturated carbocycles. The first-order chi connectivity index (χ1) is 46.1. The van der Waals surface area contributed by atoms with Crippen molar-refractivity contribution < 1.29 is 42.9 Å². The van der Waals surface area contributed by atoms with Crippen molar-refractivity contribution in [1.82, 2.24) is 0 Å². The fourth-order valence-corrected chi connectivity index (χ4v) is 11.3. The topological polar surface area (TPSA) is 111 Å². The third-order valence-corrected chi connectivity index (χ3v) is 17.3. The highest BCUT2D eigenvalue weighted by atomic mass is 16.7. The van der Waals surface area contributed by atoms with Crippen LogP contribution in [0.5, 0.6) is 0 Å². The van der Waals surface area contributed by atoms with E-state index in [1.807, 2.05) is 21.1 Å². The molecule has 0 aromatic rings. The summed E-state index contributed by atoms with van der Waals surface area (Å²) in [5.74, 6) is -2.32. The molecule has 0 amide bonds. The number of ether oxygens (including phenoxy) is 4. The number of quaternary nitrogens is 1. The van der Waals surface area contributed by atoms with Crippen molar-refractivity contribution in [3.8, 4) is 0 Å². The molecule has 94 heavy (non-hydrogen) atoms. The smallest absolute Gasteiger partial charge is 0.306 e. The Morgan fingerprint density at radius 2 is 0.606 bits per heavy atom. The van der Waals surface area contributed by atoms with Crippen LogP contribution in [0.2, 0.25) is 0 Å². The molecular weight excluding hydrogens is 1160 g/mol. The van der Waals surface area contributed by atoms with E-state index in [9.17, 15) is 19.5 Å². The fourth-order valence-electron chi connectivity index (χ4n) is 11.3. The van der Waals surface area contributed by atoms with Gasteiger partial charge in [0.2, 0.25) is 0 Å². The summed E-state index contributed by atoms with van der Waals surface area (Å²) in [5.41, 5.74) is 0. The molecule has 0 aromatic heterocycles. The molecule has 0 radical (unpaired) electrons. The van der Waals surface area contributed by atoms with Gasteiger partial charge in [0.05, 0.1) is 40.3 Å². The van der Waals surface area contributed by atoms with Crippen molar-refractivity contribution in [3.63, 3.8) is 0 Å². The van der Waals surface area contributed by atoms with Crippen LogP contribution in [-0.2, 0) is 33.3 Å². The van der Waals surface area contributed by atoms with Gasteiger partial charge >= 0.3 is 11.9 Å². The molecular formula is C85H149NO8. The van der Waals surface area contributed by atoms with Crippen LogP contribution in [0.4, 0.5) is 0 Å². The van der Waals surface area contributed by atoms with Gasteiger partial charge in [-0.1, -0.05) is 367 Å². The number of carbonyl (C=O) groups is 3. The van der Waals surface area contributed by atoms with Crippen LogP contribution in [-0.4, -0.2) is 82.3 Å². The van der Waals surface area contributed by atoms with Gasteiger partial charge in [-0.3, -0.25) is 9.59 Å². The molecule has 0 aromatic carbocycles. The second-order valence-corrected chi connectivity index (χ2v) is 27.6. The summed E-state index contributed by atoms with van der Waals surface area (Å²) in [6, 6.07) is 0. The number of carbonyl (C=O) groups excluding carboxylic acids is 3. The first-order valence-corrected chi connectivity index (χ1v) is 39.5. The minimum atomic E-state index is -1.64. The van der Waals surface area contributed by atoms with E-state index in [2.05, 4.69) is 123 Å². The second kappa shape index (κ2) is 74.7. The normalized spacial score (nSPS) is 13.2. The van der Waals surface area contributed by atoms with Crippen LogP contribution >= 0.6 is 0 Å². The van der Waals surface area contributed by atoms with Gasteiger partial charge in [-0.25, -0.2) is 0 Å². The molecule has 0 bridgehead atoms. The van der Waals surface area contributed by atoms with Crippen molar-refractivity contribution in [2.75, 3.05) is 47.5 Å². The average Bonchev–Trinajstić information content (AvgIpc) is 3.76. The average molecular weight is 1310 g/mol. The lowest BCUT2D eigenvalue weighted by Crippen LogP contribution is -2.44. The Kier molecular flexibility index (Phi) is 71.5. The maximum atomic E-state index is 12.9. The Morgan fingerprint density at radius 3 is 0.904 bits per heavy atom. The number of rotatable bonds is 73. The largest absolute Gasteiger partial charge is 0.545 e. The molecule has 0 spiro atoms. The quantitative estimate of drug-likeness (QED) is 0.0195. The maximum Gasteiger partial charge on any atom is 0.306 e. The SMILES string of the molecule is CC/C=C\C/C=C\C/C=C\C/C=C\C/C=C\C/C=C\C/C=C\C/C=C\C/C=C\CCCCCC(=O)OC(COC(=O)CCCCCCCCCCCCCCCCCCCCCCCCCCCCCCCCCCCCCCCC)COC(OCC[N+](C)(C)C)C(=O)[O-]. The van der Waals surface area contributed by atoms with E-state index in [0.717, 1.165) is 96.3 Å². The van der Waals surface area contributed by atoms with Crippen LogP contribution < -0.4 is 5.11 Å². The maximum absolute atomic E-state index is 12.9. The van der Waals surface area contributed by atoms with Crippen LogP contribution in [0.1, 0.15) is 354 Å². The fraction of sp³-hybridized carbons (Fsp3) is 0.753. The lowest BCUT2D eigenvalue weighted by atomic mass is 10.0. The summed E-state index contributed by atoms with van der Waals surface area (Å²) in [6.07, 6.45) is 102. The number of unbranched alkanes of at least 4 members (excludes halogenated alkanes) is 40. The Hall–Kier alpha value is -4.05. The zero-order chi connectivity index (χ0) is 68.2. The van der Waals surface area contributed by atoms with Gasteiger partial charge in [-0.2, -0.15) is 0 Å². The molecule has 0 fully saturated rings. The van der Waals surface area contributed by atoms with E-state index >= 15 is 0 Å². The highest BCUT2D eigenvalue weighted by molar-refractivity contribution is 5.70. The summed E-state index contributed by atoms with van der Waals surface area (Å²) in [5, 5.41) is 11.8. The lowest BCUT2D eigenvalue weighted by Gasteiger charge is -2.26. The minimum absolute atomic E-state index is 0.137. The third kappa shape index (κ3) is 75.3. The number of allylic oxidation sites excluding steroid dienone is 18. The highest BCUT2D eigenvalue weighted by Gasteiger charge is 2.22. The zero-order valence-corrected chi connectivity index (χ0v) is 62.1. The minimum Gasteiger partial charge on any atom is -0.545 e. The number of hydrogen-bond donors (Lipinski definition) is 0. The first-order valence-electron chi connectivity index (χ1n) is 39.5. The number of hydrogen-bond acceptors (Lipinski definition) is 8. The molecule has 0 aliphatic rings. The molecule has 0 heterocycles. The summed E-state index contributed by atoms with van der Waals surface area (Å²) < 4.78 is 22.8. The van der Waals surface area contributed by atoms with Crippen LogP contribution in [0.15, 0.2) is 109 Å². The van der Waals surface area contributed by atoms with Crippen molar-refractivity contribution in [2.45, 2.75) is 367 Å². The summed E-state index contributed by atoms with van der Waals surface area (Å²) >= 11 is 0. The summed E-state index contributed by atoms with van der Waals surface area (Å²) in [7, 11) is 5.92. The van der Waals surface area contributed by atoms with Gasteiger partial charge in [-0.05, 0) is 83.5 Å². The molecule has 2 unspecified atom stereocenters. The Balaban J connectivity index is 4.07. The number of esters is 2. The van der Waals surface area contributed by atoms with Gasteiger partial charge in [-0.15, -0.1) is 0 Å². The standard InChI is InChI=1S/C85H149NO8/c1-6-8-10-12-14-16-18-20-22-24-26-28-30-32-34-36-38-39-40-41-42-43-44-46-47-49-51-53-55-57-59-61-63-65-67-69-71-73-75-82(87)92-79-81(80-93-85(84(89)90)91-78-77-86(3,4)5)94-83(88)76-74-72-70-68-66-64-62-60-58-56-54-52-50-48-45-37-35-33-31-29-27-25-23-21-19-17-15-13-11-9-7-2/h9,11,15,17,21,23,27,29,33,35,45,48,52,54,58,60,64,66,81,85H,6-8,10,12-14,16,18-20,22,24-26,28,30-32,34,36-44,46-47,49-51,53,55-57,59,61-63,65,67-80H2,1-5H3/b11-9-,17-15-,23-21-,29-27-,35-33-,48-45-,54-52-,60-58-,66-64-. The number of aliphatic carboxylic acids is 1. The van der Waals surface area contributed by atoms with Crippen LogP contribution in [0, 0.1) is 0 Å². The number of carboxylic acid groups (broad SMARTS) is 1. The number of nitrogens with zero attached hydrogens (tertiary/aromatic N) is 1. The van der Waals surface area contributed by atoms with Crippen LogP contribution in [0.3, 0.4) is 0 Å². The van der Waals surface area contributed by atoms with Crippen molar-refractivity contribution in [1.29, 1.82) is 0 Å². The van der Waals surface area contributed by atoms with Gasteiger partial charge < -0.3 is 33.3 Å². The van der Waals surface area contributed by atoms with Gasteiger partial charge in [0.1, 0.15) is 13.2 Å². The molecule has 9 nitrogen and oxygen atoms in total. The monoisotopic (exact) mass is 1310 g/mol. The van der Waals surface area contributed by atoms with Gasteiger partial charge in [0.15, 0.2) is 12.4 Å². The zero-order valence-electron chi connectivity index (χ0n) is 62.1. The predicted molar refractivity (Wildman–Crippen MR) is 403 cm³/mol. The van der Waals surface area contributed by atoms with E-state index in [0.29, 0.717) is 17.4 Å². The van der Waals surface area contributed by atoms with E-state index in [-0.39, 0.29) is 38.6 Å². The van der Waals surface area contributed by atoms with E-state index in [4.69, 9.17) is 18.9 Å². The summed E-state index contributed by atoms with van der Waals surface area (Å²) in [4.78, 5) is 37.6. The molecule has 0 aliphatic carbocycles. The molecule has 9 heteroatoms. The van der Waals surface area contributed by atoms with Crippen LogP contribution in [0.25, 0.3) is 0 Å². The molecule has 542 valence electrons. The van der Waals surface area contributed by atoms with Gasteiger partial charge in [0, 0.05) is 12.8 Å². The van der Waals surface area contributed by atoms with E-state index < -0.39 is 24.3 Å². The van der Waals surface area contributed by atoms with Crippen molar-refractivity contribution in [2.24, 2.45) is 0 Å². The second-order valence-electron chi connectivity index (χ2n) is 27.6. The Labute approximate surface area is 581 Å². The van der Waals surface area contributed by atoms with Crippen molar-refractivity contribution in [3.05, 3.63) is 109 Å². The molecule has 0 rings (SSSR count). The van der Waals surface area contributed by atoms with E-state index in [1.165, 1.54) is 225 Å². The number of likely N-dealkylation sites (N-methyl/N-ethyl adjacent to an activating group) is 1. The highest BCUT2D eigenvalue weighted by Crippen LogP contribution is 2.19. The molecule has 0 N–H and O–H groups in total. The van der Waals surface area contributed by atoms with Crippen molar-refractivity contribution >= 4 is 17.9 Å². The summed E-state index contributed by atoms with van der Waals surface area (Å²) in [6.45, 7) is 4.63. The Morgan fingerprint density at radius 1 is 0.330 bits per heavy atom. The molecule has 0 saturated heterocycles. The first kappa shape index (κ1) is 90.0. The Bertz CT molecular complexity index is 1920. The van der Waals surface area contributed by atoms with E-state index in [1.54, 1.807) is 0 Å². The van der Waals surface area contributed by atoms with Gasteiger partial charge in [0.25, 0.3) is 0 Å². The molecule has 2 atom stereocenters. The number of carboxylic acids is 1. The lowest BCUT2D eigenvalue weighted by molar-refractivity contribution is -0.870. The molecule has 0 aliphatic heterocycles. The predicted octanol–water partition coefficient (Wildman–Crippen LogP) is 24.0.